The molecule has 1 saturated carbocycles. The van der Waals surface area contributed by atoms with Gasteiger partial charge >= 0.3 is 0 Å². The van der Waals surface area contributed by atoms with Crippen LogP contribution < -0.4 is 14.5 Å². The summed E-state index contributed by atoms with van der Waals surface area (Å²) in [5, 5.41) is 2.66. The third-order valence-electron chi connectivity index (χ3n) is 7.11. The number of halogens is 4. The Bertz CT molecular complexity index is 1600. The van der Waals surface area contributed by atoms with Gasteiger partial charge in [0.25, 0.3) is 11.8 Å². The summed E-state index contributed by atoms with van der Waals surface area (Å²) < 4.78 is 68.9. The Balaban J connectivity index is 1.63. The van der Waals surface area contributed by atoms with Crippen LogP contribution in [0.15, 0.2) is 66.9 Å². The van der Waals surface area contributed by atoms with Gasteiger partial charge in [-0.15, -0.1) is 0 Å². The first-order chi connectivity index (χ1) is 19.4. The van der Waals surface area contributed by atoms with Gasteiger partial charge in [-0.25, -0.2) is 30.9 Å². The average molecular weight is 607 g/mol. The molecule has 2 fully saturated rings. The van der Waals surface area contributed by atoms with Crippen LogP contribution in [-0.2, 0) is 19.6 Å². The van der Waals surface area contributed by atoms with E-state index in [1.165, 1.54) is 36.5 Å². The summed E-state index contributed by atoms with van der Waals surface area (Å²) >= 11 is 6.48. The van der Waals surface area contributed by atoms with Crippen LogP contribution in [0.25, 0.3) is 0 Å². The van der Waals surface area contributed by atoms with Crippen molar-refractivity contribution in [2.75, 3.05) is 15.0 Å². The molecule has 2 atom stereocenters. The zero-order valence-corrected chi connectivity index (χ0v) is 23.4. The Labute approximate surface area is 240 Å². The van der Waals surface area contributed by atoms with Crippen LogP contribution in [0.4, 0.5) is 24.7 Å². The van der Waals surface area contributed by atoms with Crippen LogP contribution in [0.5, 0.6) is 0 Å². The molecule has 41 heavy (non-hydrogen) atoms. The molecule has 1 saturated heterocycles. The Morgan fingerprint density at radius 2 is 1.85 bits per heavy atom. The van der Waals surface area contributed by atoms with E-state index in [2.05, 4.69) is 10.3 Å². The zero-order chi connectivity index (χ0) is 29.5. The fraction of sp³-hybridized carbons (Fsp3) is 0.321. The van der Waals surface area contributed by atoms with Crippen molar-refractivity contribution >= 4 is 44.9 Å². The fourth-order valence-electron chi connectivity index (χ4n) is 5.16. The van der Waals surface area contributed by atoms with Gasteiger partial charge in [0, 0.05) is 41.4 Å². The van der Waals surface area contributed by atoms with Crippen LogP contribution in [0.1, 0.15) is 36.4 Å². The van der Waals surface area contributed by atoms with Gasteiger partial charge in [0.1, 0.15) is 23.7 Å². The van der Waals surface area contributed by atoms with Crippen molar-refractivity contribution < 1.29 is 31.2 Å². The minimum Gasteiger partial charge on any atom is -0.351 e. The van der Waals surface area contributed by atoms with E-state index in [0.717, 1.165) is 21.3 Å². The van der Waals surface area contributed by atoms with E-state index in [1.54, 1.807) is 25.1 Å². The third kappa shape index (κ3) is 5.89. The van der Waals surface area contributed by atoms with Crippen LogP contribution in [0, 0.1) is 12.7 Å². The number of nitrogens with one attached hydrogen (secondary N) is 1. The number of carbonyl (C=O) groups excluding carboxylic acids is 2. The summed E-state index contributed by atoms with van der Waals surface area (Å²) in [5.41, 5.74) is 0.808. The van der Waals surface area contributed by atoms with E-state index in [4.69, 9.17) is 11.6 Å². The highest BCUT2D eigenvalue weighted by molar-refractivity contribution is 7.93. The van der Waals surface area contributed by atoms with Crippen molar-refractivity contribution in [3.05, 3.63) is 88.8 Å². The maximum absolute atomic E-state index is 14.5. The molecule has 1 aromatic heterocycles. The number of hydrogen-bond donors (Lipinski definition) is 1. The van der Waals surface area contributed by atoms with Gasteiger partial charge in [-0.05, 0) is 55.3 Å². The number of aromatic nitrogens is 1. The summed E-state index contributed by atoms with van der Waals surface area (Å²) in [6, 6.07) is 10.6. The highest BCUT2D eigenvalue weighted by atomic mass is 35.5. The number of benzene rings is 2. The summed E-state index contributed by atoms with van der Waals surface area (Å²) in [5.74, 6) is -5.63. The maximum atomic E-state index is 14.5. The molecule has 216 valence electrons. The second-order valence-electron chi connectivity index (χ2n) is 10.2. The molecule has 2 aliphatic rings. The molecule has 0 spiro atoms. The SMILES string of the molecule is Cc1ccnc(N2[C@H](C(=O)N(c3cccc(F)c3)[C@@H](C(=O)NC3CC(F)(F)C3)c3ccccc3Cl)CCS2(=O)=O)c1. The Kier molecular flexibility index (Phi) is 7.73. The van der Waals surface area contributed by atoms with Crippen LogP contribution in [-0.4, -0.2) is 49.0 Å². The Morgan fingerprint density at radius 3 is 2.51 bits per heavy atom. The number of nitrogens with zero attached hydrogens (tertiary/aromatic N) is 3. The molecule has 1 aliphatic carbocycles. The van der Waals surface area contributed by atoms with Crippen molar-refractivity contribution in [1.29, 1.82) is 0 Å². The fourth-order valence-corrected chi connectivity index (χ4v) is 7.09. The van der Waals surface area contributed by atoms with Gasteiger partial charge in [0.15, 0.2) is 0 Å². The van der Waals surface area contributed by atoms with E-state index < -0.39 is 64.5 Å². The Hall–Kier alpha value is -3.64. The number of hydrogen-bond acceptors (Lipinski definition) is 5. The lowest BCUT2D eigenvalue weighted by atomic mass is 9.87. The molecule has 0 bridgehead atoms. The standard InChI is InChI=1S/C28H26ClF3N4O4S/c1-17-9-11-33-24(13-17)36-23(10-12-41(36,39)40)27(38)35(20-6-4-5-18(30)14-20)25(21-7-2-3-8-22(21)29)26(37)34-19-15-28(31,32)16-19/h2-9,11,13-14,19,23,25H,10,12,15-16H2,1H3,(H,34,37)/t23-,25+/m0/s1. The van der Waals surface area contributed by atoms with Gasteiger partial charge in [0.05, 0.1) is 5.75 Å². The first kappa shape index (κ1) is 28.9. The molecule has 8 nitrogen and oxygen atoms in total. The number of sulfonamides is 1. The molecular formula is C28H26ClF3N4O4S. The molecule has 13 heteroatoms. The van der Waals surface area contributed by atoms with Crippen molar-refractivity contribution in [2.24, 2.45) is 0 Å². The first-order valence-electron chi connectivity index (χ1n) is 12.8. The smallest absolute Gasteiger partial charge is 0.252 e. The molecule has 2 amide bonds. The number of pyridine rings is 1. The van der Waals surface area contributed by atoms with E-state index >= 15 is 0 Å². The predicted octanol–water partition coefficient (Wildman–Crippen LogP) is 4.78. The topological polar surface area (TPSA) is 99.7 Å². The number of carbonyl (C=O) groups is 2. The number of anilines is 2. The Morgan fingerprint density at radius 1 is 1.12 bits per heavy atom. The van der Waals surface area contributed by atoms with Crippen molar-refractivity contribution in [3.8, 4) is 0 Å². The predicted molar refractivity (Wildman–Crippen MR) is 148 cm³/mol. The summed E-state index contributed by atoms with van der Waals surface area (Å²) in [4.78, 5) is 33.4. The lowest BCUT2D eigenvalue weighted by molar-refractivity contribution is -0.133. The molecule has 5 rings (SSSR count). The lowest BCUT2D eigenvalue weighted by Crippen LogP contribution is -2.56. The van der Waals surface area contributed by atoms with E-state index in [9.17, 15) is 31.2 Å². The largest absolute Gasteiger partial charge is 0.351 e. The summed E-state index contributed by atoms with van der Waals surface area (Å²) in [6.45, 7) is 1.74. The molecule has 0 unspecified atom stereocenters. The first-order valence-corrected chi connectivity index (χ1v) is 14.8. The normalized spacial score (nSPS) is 20.2. The highest BCUT2D eigenvalue weighted by Gasteiger charge is 2.49. The molecule has 3 aromatic rings. The lowest BCUT2D eigenvalue weighted by Gasteiger charge is -2.39. The van der Waals surface area contributed by atoms with Gasteiger partial charge in [-0.2, -0.15) is 0 Å². The van der Waals surface area contributed by atoms with Crippen molar-refractivity contribution in [3.63, 3.8) is 0 Å². The molecule has 2 aromatic carbocycles. The van der Waals surface area contributed by atoms with Gasteiger partial charge in [-0.1, -0.05) is 35.9 Å². The van der Waals surface area contributed by atoms with Gasteiger partial charge in [0.2, 0.25) is 15.9 Å². The molecule has 2 heterocycles. The van der Waals surface area contributed by atoms with E-state index in [-0.39, 0.29) is 34.3 Å². The van der Waals surface area contributed by atoms with E-state index in [1.807, 2.05) is 0 Å². The minimum absolute atomic E-state index is 0.0236. The summed E-state index contributed by atoms with van der Waals surface area (Å²) in [7, 11) is -3.98. The second kappa shape index (κ2) is 11.0. The van der Waals surface area contributed by atoms with Crippen LogP contribution in [0.3, 0.4) is 0 Å². The molecule has 0 radical (unpaired) electrons. The van der Waals surface area contributed by atoms with Crippen LogP contribution >= 0.6 is 11.6 Å². The maximum Gasteiger partial charge on any atom is 0.252 e. The summed E-state index contributed by atoms with van der Waals surface area (Å²) in [6.07, 6.45) is 0.137. The number of aryl methyl sites for hydroxylation is 1. The monoisotopic (exact) mass is 606 g/mol. The van der Waals surface area contributed by atoms with Gasteiger partial charge < -0.3 is 5.32 Å². The van der Waals surface area contributed by atoms with Gasteiger partial charge in [-0.3, -0.25) is 14.5 Å². The van der Waals surface area contributed by atoms with Crippen molar-refractivity contribution in [1.82, 2.24) is 10.3 Å². The highest BCUT2D eigenvalue weighted by Crippen LogP contribution is 2.40. The quantitative estimate of drug-likeness (QED) is 0.417. The van der Waals surface area contributed by atoms with Crippen molar-refractivity contribution in [2.45, 2.75) is 50.2 Å². The minimum atomic E-state index is -3.98. The molecule has 1 aliphatic heterocycles. The number of rotatable bonds is 7. The third-order valence-corrected chi connectivity index (χ3v) is 9.25. The zero-order valence-electron chi connectivity index (χ0n) is 21.8. The average Bonchev–Trinajstić information content (AvgIpc) is 3.21. The second-order valence-corrected chi connectivity index (χ2v) is 12.6. The van der Waals surface area contributed by atoms with Crippen LogP contribution in [0.2, 0.25) is 5.02 Å². The molecule has 1 N–H and O–H groups in total. The molecular weight excluding hydrogens is 581 g/mol. The number of amides is 2. The number of alkyl halides is 2. The van der Waals surface area contributed by atoms with E-state index in [0.29, 0.717) is 5.56 Å².